The Hall–Kier alpha value is -4.47. The van der Waals surface area contributed by atoms with E-state index in [1.54, 1.807) is 0 Å². The monoisotopic (exact) mass is 477 g/mol. The predicted octanol–water partition coefficient (Wildman–Crippen LogP) is 9.84. The fourth-order valence-electron chi connectivity index (χ4n) is 5.35. The summed E-state index contributed by atoms with van der Waals surface area (Å²) < 4.78 is 8.54. The zero-order chi connectivity index (χ0) is 23.6. The molecule has 3 aromatic heterocycles. The van der Waals surface area contributed by atoms with Crippen molar-refractivity contribution in [1.29, 1.82) is 0 Å². The van der Waals surface area contributed by atoms with Gasteiger partial charge < -0.3 is 4.42 Å². The molecule has 3 heteroatoms. The zero-order valence-electron chi connectivity index (χ0n) is 19.2. The average molecular weight is 478 g/mol. The van der Waals surface area contributed by atoms with Gasteiger partial charge >= 0.3 is 0 Å². The number of hydrogen-bond acceptors (Lipinski definition) is 3. The largest absolute Gasteiger partial charge is 0.456 e. The van der Waals surface area contributed by atoms with Crippen molar-refractivity contribution in [2.75, 3.05) is 0 Å². The van der Waals surface area contributed by atoms with Gasteiger partial charge in [0.05, 0.1) is 10.2 Å². The third-order valence-electron chi connectivity index (χ3n) is 7.14. The first kappa shape index (κ1) is 19.8. The lowest BCUT2D eigenvalue weighted by Crippen LogP contribution is -1.84. The molecule has 0 saturated heterocycles. The number of nitrogens with zero attached hydrogens (tertiary/aromatic N) is 1. The highest BCUT2D eigenvalue weighted by Crippen LogP contribution is 2.39. The van der Waals surface area contributed by atoms with Crippen LogP contribution in [0.5, 0.6) is 0 Å². The summed E-state index contributed by atoms with van der Waals surface area (Å²) in [4.78, 5) is 4.81. The summed E-state index contributed by atoms with van der Waals surface area (Å²) in [6, 6.07) is 38.7. The lowest BCUT2D eigenvalue weighted by Gasteiger charge is -2.07. The van der Waals surface area contributed by atoms with Crippen molar-refractivity contribution in [2.24, 2.45) is 0 Å². The molecule has 2 nitrogen and oxygen atoms in total. The Morgan fingerprint density at radius 2 is 1.17 bits per heavy atom. The summed E-state index contributed by atoms with van der Waals surface area (Å²) in [6.45, 7) is 0. The number of benzene rings is 5. The third kappa shape index (κ3) is 2.93. The van der Waals surface area contributed by atoms with Gasteiger partial charge in [0.15, 0.2) is 0 Å². The number of hydrogen-bond donors (Lipinski definition) is 0. The summed E-state index contributed by atoms with van der Waals surface area (Å²) in [5.74, 6) is 0. The average Bonchev–Trinajstić information content (AvgIpc) is 3.51. The van der Waals surface area contributed by atoms with Gasteiger partial charge in [-0.1, -0.05) is 78.9 Å². The Labute approximate surface area is 211 Å². The van der Waals surface area contributed by atoms with E-state index in [2.05, 4.69) is 97.1 Å². The number of thiophene rings is 1. The van der Waals surface area contributed by atoms with Crippen LogP contribution in [0.1, 0.15) is 0 Å². The van der Waals surface area contributed by atoms with E-state index in [-0.39, 0.29) is 0 Å². The number of para-hydroxylation sites is 1. The molecule has 8 aromatic rings. The minimum absolute atomic E-state index is 0.924. The molecule has 0 aliphatic carbocycles. The van der Waals surface area contributed by atoms with E-state index in [1.165, 1.54) is 47.8 Å². The van der Waals surface area contributed by atoms with E-state index in [9.17, 15) is 0 Å². The SMILES string of the molecule is c1ccc2c(c1)oc1ccc(-c3ccc(-c4ccc5c(c4)ncc4sc6ccccc6c45)cc3)cc12. The van der Waals surface area contributed by atoms with Crippen molar-refractivity contribution in [3.8, 4) is 22.3 Å². The molecule has 0 aliphatic rings. The van der Waals surface area contributed by atoms with Crippen molar-refractivity contribution in [2.45, 2.75) is 0 Å². The minimum Gasteiger partial charge on any atom is -0.456 e. The smallest absolute Gasteiger partial charge is 0.135 e. The summed E-state index contributed by atoms with van der Waals surface area (Å²) in [5, 5.41) is 6.14. The fourth-order valence-corrected chi connectivity index (χ4v) is 6.44. The van der Waals surface area contributed by atoms with Crippen molar-refractivity contribution in [3.63, 3.8) is 0 Å². The molecule has 0 aliphatic heterocycles. The Morgan fingerprint density at radius 1 is 0.500 bits per heavy atom. The van der Waals surface area contributed by atoms with E-state index >= 15 is 0 Å². The first-order valence-corrected chi connectivity index (χ1v) is 12.9. The van der Waals surface area contributed by atoms with Gasteiger partial charge in [0.2, 0.25) is 0 Å². The normalized spacial score (nSPS) is 11.9. The van der Waals surface area contributed by atoms with E-state index in [0.717, 1.165) is 27.5 Å². The summed E-state index contributed by atoms with van der Waals surface area (Å²) in [7, 11) is 0. The van der Waals surface area contributed by atoms with Gasteiger partial charge in [0.25, 0.3) is 0 Å². The van der Waals surface area contributed by atoms with Crippen LogP contribution in [0.4, 0.5) is 0 Å². The quantitative estimate of drug-likeness (QED) is 0.248. The molecule has 0 atom stereocenters. The van der Waals surface area contributed by atoms with E-state index in [4.69, 9.17) is 9.40 Å². The standard InChI is InChI=1S/C33H19NOS/c1-3-7-29-24(5-1)27-17-22(14-16-30(27)35-29)20-9-11-21(12-10-20)23-13-15-25-28(18-23)34-19-32-33(25)26-6-2-4-8-31(26)36-32/h1-19H. The maximum absolute atomic E-state index is 6.00. The van der Waals surface area contributed by atoms with Crippen LogP contribution in [-0.2, 0) is 0 Å². The molecule has 0 bridgehead atoms. The van der Waals surface area contributed by atoms with E-state index in [0.29, 0.717) is 0 Å². The molecule has 8 rings (SSSR count). The molecule has 168 valence electrons. The number of pyridine rings is 1. The Morgan fingerprint density at radius 3 is 2.03 bits per heavy atom. The maximum atomic E-state index is 6.00. The van der Waals surface area contributed by atoms with Crippen LogP contribution in [0.3, 0.4) is 0 Å². The molecule has 0 saturated carbocycles. The Balaban J connectivity index is 1.20. The lowest BCUT2D eigenvalue weighted by atomic mass is 9.98. The molecule has 3 heterocycles. The first-order valence-electron chi connectivity index (χ1n) is 12.0. The van der Waals surface area contributed by atoms with Crippen molar-refractivity contribution in [1.82, 2.24) is 4.98 Å². The minimum atomic E-state index is 0.924. The highest BCUT2D eigenvalue weighted by atomic mass is 32.1. The third-order valence-corrected chi connectivity index (χ3v) is 8.24. The number of rotatable bonds is 2. The van der Waals surface area contributed by atoms with Crippen LogP contribution in [-0.4, -0.2) is 4.98 Å². The summed E-state index contributed by atoms with van der Waals surface area (Å²) >= 11 is 1.81. The van der Waals surface area contributed by atoms with Gasteiger partial charge in [-0.3, -0.25) is 4.98 Å². The van der Waals surface area contributed by atoms with Gasteiger partial charge in [0, 0.05) is 37.8 Å². The molecule has 0 radical (unpaired) electrons. The Bertz CT molecular complexity index is 2100. The van der Waals surface area contributed by atoms with Crippen molar-refractivity contribution < 1.29 is 4.42 Å². The second-order valence-corrected chi connectivity index (χ2v) is 10.3. The molecule has 0 amide bonds. The molecule has 0 fully saturated rings. The molecule has 0 spiro atoms. The van der Waals surface area contributed by atoms with Crippen LogP contribution >= 0.6 is 11.3 Å². The number of furan rings is 1. The molecule has 36 heavy (non-hydrogen) atoms. The highest BCUT2D eigenvalue weighted by molar-refractivity contribution is 7.26. The van der Waals surface area contributed by atoms with Gasteiger partial charge in [-0.15, -0.1) is 11.3 Å². The van der Waals surface area contributed by atoms with Crippen LogP contribution in [0.2, 0.25) is 0 Å². The van der Waals surface area contributed by atoms with Crippen molar-refractivity contribution >= 4 is 64.4 Å². The van der Waals surface area contributed by atoms with E-state index in [1.807, 2.05) is 29.7 Å². The zero-order valence-corrected chi connectivity index (χ0v) is 20.0. The molecule has 0 N–H and O–H groups in total. The van der Waals surface area contributed by atoms with Gasteiger partial charge in [0.1, 0.15) is 11.2 Å². The number of fused-ring (bicyclic) bond motifs is 8. The van der Waals surface area contributed by atoms with E-state index < -0.39 is 0 Å². The summed E-state index contributed by atoms with van der Waals surface area (Å²) in [6.07, 6.45) is 2.02. The molecular formula is C33H19NOS. The number of aromatic nitrogens is 1. The van der Waals surface area contributed by atoms with Gasteiger partial charge in [-0.05, 0) is 52.6 Å². The Kier molecular flexibility index (Phi) is 4.13. The van der Waals surface area contributed by atoms with Crippen LogP contribution in [0.15, 0.2) is 120 Å². The highest BCUT2D eigenvalue weighted by Gasteiger charge is 2.11. The van der Waals surface area contributed by atoms with Gasteiger partial charge in [-0.25, -0.2) is 0 Å². The molecular weight excluding hydrogens is 458 g/mol. The van der Waals surface area contributed by atoms with Crippen LogP contribution in [0.25, 0.3) is 75.3 Å². The summed E-state index contributed by atoms with van der Waals surface area (Å²) in [5.41, 5.74) is 7.63. The molecule has 0 unspecified atom stereocenters. The lowest BCUT2D eigenvalue weighted by molar-refractivity contribution is 0.669. The second-order valence-electron chi connectivity index (χ2n) is 9.21. The van der Waals surface area contributed by atoms with Crippen LogP contribution in [0, 0.1) is 0 Å². The second kappa shape index (κ2) is 7.51. The fraction of sp³-hybridized carbons (Fsp3) is 0. The predicted molar refractivity (Wildman–Crippen MR) is 153 cm³/mol. The molecule has 5 aromatic carbocycles. The van der Waals surface area contributed by atoms with Gasteiger partial charge in [-0.2, -0.15) is 0 Å². The topological polar surface area (TPSA) is 26.0 Å². The van der Waals surface area contributed by atoms with Crippen molar-refractivity contribution in [3.05, 3.63) is 115 Å². The first-order chi connectivity index (χ1) is 17.8. The van der Waals surface area contributed by atoms with Crippen LogP contribution < -0.4 is 0 Å². The maximum Gasteiger partial charge on any atom is 0.135 e.